The first-order valence-electron chi connectivity index (χ1n) is 8.06. The second-order valence-corrected chi connectivity index (χ2v) is 7.48. The maximum absolute atomic E-state index is 11.3. The molecule has 1 aliphatic heterocycles. The summed E-state index contributed by atoms with van der Waals surface area (Å²) < 4.78 is 12.2. The average molecular weight is 361 g/mol. The van der Waals surface area contributed by atoms with Crippen LogP contribution in [0.2, 0.25) is 5.02 Å². The largest absolute Gasteiger partial charge is 0.492 e. The van der Waals surface area contributed by atoms with Crippen LogP contribution in [0, 0.1) is 11.3 Å². The summed E-state index contributed by atoms with van der Waals surface area (Å²) in [6, 6.07) is 7.24. The number of rotatable bonds is 4. The van der Waals surface area contributed by atoms with Gasteiger partial charge in [-0.2, -0.15) is 5.26 Å². The van der Waals surface area contributed by atoms with E-state index >= 15 is 0 Å². The van der Waals surface area contributed by atoms with Crippen molar-refractivity contribution < 1.29 is 14.1 Å². The van der Waals surface area contributed by atoms with E-state index in [1.807, 2.05) is 39.8 Å². The highest BCUT2D eigenvalue weighted by Gasteiger charge is 2.52. The topological polar surface area (TPSA) is 71.4 Å². The Morgan fingerprint density at radius 2 is 1.92 bits per heavy atom. The fourth-order valence-corrected chi connectivity index (χ4v) is 2.52. The first-order chi connectivity index (χ1) is 11.6. The number of hydrogen-bond acceptors (Lipinski definition) is 4. The van der Waals surface area contributed by atoms with E-state index in [4.69, 9.17) is 26.2 Å². The van der Waals surface area contributed by atoms with E-state index in [1.54, 1.807) is 12.1 Å². The average Bonchev–Trinajstić information content (AvgIpc) is 2.73. The fraction of sp³-hybridized carbons (Fsp3) is 0.444. The molecule has 1 saturated heterocycles. The third kappa shape index (κ3) is 4.43. The van der Waals surface area contributed by atoms with Gasteiger partial charge in [-0.1, -0.05) is 23.7 Å². The molecule has 2 rings (SSSR count). The summed E-state index contributed by atoms with van der Waals surface area (Å²) in [6.45, 7) is 9.63. The lowest BCUT2D eigenvalue weighted by Crippen LogP contribution is -2.41. The van der Waals surface area contributed by atoms with E-state index < -0.39 is 18.3 Å². The van der Waals surface area contributed by atoms with Crippen LogP contribution >= 0.6 is 11.6 Å². The summed E-state index contributed by atoms with van der Waals surface area (Å²) in [5, 5.41) is 12.3. The molecule has 1 N–H and O–H groups in total. The van der Waals surface area contributed by atoms with E-state index in [2.05, 4.69) is 11.4 Å². The molecule has 1 aliphatic rings. The van der Waals surface area contributed by atoms with Crippen molar-refractivity contribution in [1.29, 1.82) is 5.26 Å². The van der Waals surface area contributed by atoms with Crippen LogP contribution in [-0.2, 0) is 14.1 Å². The number of hydrogen-bond donors (Lipinski definition) is 1. The van der Waals surface area contributed by atoms with Crippen molar-refractivity contribution in [2.45, 2.75) is 45.8 Å². The van der Waals surface area contributed by atoms with E-state index in [1.165, 1.54) is 6.92 Å². The van der Waals surface area contributed by atoms with E-state index in [-0.39, 0.29) is 12.5 Å². The van der Waals surface area contributed by atoms with E-state index in [0.29, 0.717) is 10.6 Å². The molecule has 0 unspecified atom stereocenters. The number of nitrogens with zero attached hydrogens (tertiary/aromatic N) is 1. The zero-order chi connectivity index (χ0) is 18.8. The van der Waals surface area contributed by atoms with Crippen LogP contribution in [0.1, 0.15) is 45.7 Å². The second-order valence-electron chi connectivity index (χ2n) is 7.07. The minimum Gasteiger partial charge on any atom is -0.400 e. The van der Waals surface area contributed by atoms with Crippen molar-refractivity contribution in [2.24, 2.45) is 0 Å². The number of carbonyl (C=O) groups is 1. The summed E-state index contributed by atoms with van der Waals surface area (Å²) in [4.78, 5) is 11.3. The SMILES string of the molecule is CC(=O)NCC(=Cc1ccc(Cl)c(C#N)c1)B1OC(C)(C)C(C)(C)O1. The predicted octanol–water partition coefficient (Wildman–Crippen LogP) is 3.36. The Morgan fingerprint density at radius 1 is 1.32 bits per heavy atom. The highest BCUT2D eigenvalue weighted by molar-refractivity contribution is 6.56. The van der Waals surface area contributed by atoms with E-state index in [9.17, 15) is 4.79 Å². The molecule has 0 radical (unpaired) electrons. The summed E-state index contributed by atoms with van der Waals surface area (Å²) >= 11 is 5.99. The lowest BCUT2D eigenvalue weighted by atomic mass is 9.77. The second kappa shape index (κ2) is 7.21. The number of carbonyl (C=O) groups excluding carboxylic acids is 1. The molecule has 0 aromatic heterocycles. The number of halogens is 1. The molecule has 0 aliphatic carbocycles. The Bertz CT molecular complexity index is 737. The predicted molar refractivity (Wildman–Crippen MR) is 98.9 cm³/mol. The molecule has 25 heavy (non-hydrogen) atoms. The van der Waals surface area contributed by atoms with Gasteiger partial charge in [-0.15, -0.1) is 0 Å². The standard InChI is InChI=1S/C18H22BClN2O3/c1-12(23)22-11-15(19-24-17(2,3)18(4,5)25-19)9-13-6-7-16(20)14(8-13)10-21/h6-9H,11H2,1-5H3,(H,22,23). The van der Waals surface area contributed by atoms with Crippen LogP contribution in [0.4, 0.5) is 0 Å². The van der Waals surface area contributed by atoms with Crippen LogP contribution < -0.4 is 5.32 Å². The summed E-state index contributed by atoms with van der Waals surface area (Å²) in [6.07, 6.45) is 1.86. The van der Waals surface area contributed by atoms with Gasteiger partial charge in [0.05, 0.1) is 21.8 Å². The number of benzene rings is 1. The lowest BCUT2D eigenvalue weighted by Gasteiger charge is -2.32. The summed E-state index contributed by atoms with van der Waals surface area (Å²) in [7, 11) is -0.585. The van der Waals surface area contributed by atoms with Gasteiger partial charge in [0.1, 0.15) is 6.07 Å². The molecular weight excluding hydrogens is 338 g/mol. The molecule has 5 nitrogen and oxygen atoms in total. The number of nitrogens with one attached hydrogen (secondary N) is 1. The van der Waals surface area contributed by atoms with Gasteiger partial charge in [0.25, 0.3) is 0 Å². The molecule has 132 valence electrons. The normalized spacial score (nSPS) is 18.8. The molecule has 7 heteroatoms. The number of nitriles is 1. The maximum Gasteiger partial charge on any atom is 0.492 e. The van der Waals surface area contributed by atoms with Crippen LogP contribution in [0.25, 0.3) is 6.08 Å². The molecule has 1 heterocycles. The molecule has 0 spiro atoms. The Hall–Kier alpha value is -1.81. The van der Waals surface area contributed by atoms with Crippen molar-refractivity contribution in [3.05, 3.63) is 39.8 Å². The molecule has 1 aromatic carbocycles. The summed E-state index contributed by atoms with van der Waals surface area (Å²) in [5.41, 5.74) is 0.981. The van der Waals surface area contributed by atoms with Crippen molar-refractivity contribution in [3.63, 3.8) is 0 Å². The highest BCUT2D eigenvalue weighted by Crippen LogP contribution is 2.38. The van der Waals surface area contributed by atoms with Gasteiger partial charge in [0.15, 0.2) is 0 Å². The summed E-state index contributed by atoms with van der Waals surface area (Å²) in [5.74, 6) is -0.142. The Morgan fingerprint density at radius 3 is 2.44 bits per heavy atom. The lowest BCUT2D eigenvalue weighted by molar-refractivity contribution is -0.118. The first kappa shape index (κ1) is 19.5. The monoisotopic (exact) mass is 360 g/mol. The number of amides is 1. The third-order valence-electron chi connectivity index (χ3n) is 4.56. The maximum atomic E-state index is 11.3. The Balaban J connectivity index is 2.37. The molecule has 1 amide bonds. The Labute approximate surface area is 154 Å². The van der Waals surface area contributed by atoms with Crippen molar-refractivity contribution in [3.8, 4) is 6.07 Å². The van der Waals surface area contributed by atoms with Gasteiger partial charge in [0.2, 0.25) is 5.91 Å². The van der Waals surface area contributed by atoms with Crippen LogP contribution in [0.15, 0.2) is 23.7 Å². The zero-order valence-corrected chi connectivity index (χ0v) is 15.9. The van der Waals surface area contributed by atoms with Crippen LogP contribution in [0.3, 0.4) is 0 Å². The quantitative estimate of drug-likeness (QED) is 0.836. The molecule has 1 fully saturated rings. The van der Waals surface area contributed by atoms with Gasteiger partial charge in [-0.3, -0.25) is 4.79 Å². The van der Waals surface area contributed by atoms with E-state index in [0.717, 1.165) is 11.0 Å². The zero-order valence-electron chi connectivity index (χ0n) is 15.1. The highest BCUT2D eigenvalue weighted by atomic mass is 35.5. The van der Waals surface area contributed by atoms with Crippen molar-refractivity contribution in [2.75, 3.05) is 6.54 Å². The van der Waals surface area contributed by atoms with Crippen LogP contribution in [0.5, 0.6) is 0 Å². The minimum absolute atomic E-state index is 0.142. The molecule has 0 atom stereocenters. The minimum atomic E-state index is -0.585. The molecule has 0 saturated carbocycles. The fourth-order valence-electron chi connectivity index (χ4n) is 2.36. The van der Waals surface area contributed by atoms with Gasteiger partial charge < -0.3 is 14.6 Å². The van der Waals surface area contributed by atoms with Gasteiger partial charge >= 0.3 is 7.12 Å². The molecule has 0 bridgehead atoms. The third-order valence-corrected chi connectivity index (χ3v) is 4.89. The Kier molecular flexibility index (Phi) is 5.63. The molecule has 1 aromatic rings. The van der Waals surface area contributed by atoms with Crippen LogP contribution in [-0.4, -0.2) is 30.8 Å². The van der Waals surface area contributed by atoms with Gasteiger partial charge in [-0.25, -0.2) is 0 Å². The van der Waals surface area contributed by atoms with Gasteiger partial charge in [0, 0.05) is 13.5 Å². The molecular formula is C18H22BClN2O3. The smallest absolute Gasteiger partial charge is 0.400 e. The van der Waals surface area contributed by atoms with Crippen molar-refractivity contribution in [1.82, 2.24) is 5.32 Å². The van der Waals surface area contributed by atoms with Crippen molar-refractivity contribution >= 4 is 30.7 Å². The van der Waals surface area contributed by atoms with Gasteiger partial charge in [-0.05, 0) is 50.9 Å². The first-order valence-corrected chi connectivity index (χ1v) is 8.44.